The first-order chi connectivity index (χ1) is 13.7. The highest BCUT2D eigenvalue weighted by Crippen LogP contribution is 2.27. The molecule has 2 heterocycles. The van der Waals surface area contributed by atoms with E-state index in [0.29, 0.717) is 6.04 Å². The summed E-state index contributed by atoms with van der Waals surface area (Å²) in [5, 5.41) is 9.16. The molecule has 2 N–H and O–H groups in total. The van der Waals surface area contributed by atoms with Crippen LogP contribution in [0, 0.1) is 0 Å². The van der Waals surface area contributed by atoms with Gasteiger partial charge in [0.25, 0.3) is 0 Å². The van der Waals surface area contributed by atoms with Gasteiger partial charge in [-0.15, -0.1) is 35.3 Å². The van der Waals surface area contributed by atoms with Crippen molar-refractivity contribution in [1.29, 1.82) is 0 Å². The molecule has 1 aromatic heterocycles. The molecular formula is C22H34IN5S. The predicted octanol–water partition coefficient (Wildman–Crippen LogP) is 3.93. The molecule has 3 rings (SSSR count). The molecule has 1 unspecified atom stereocenters. The molecular weight excluding hydrogens is 493 g/mol. The van der Waals surface area contributed by atoms with Crippen LogP contribution in [0.4, 0.5) is 0 Å². The fraction of sp³-hybridized carbons (Fsp3) is 0.500. The largest absolute Gasteiger partial charge is 0.354 e. The van der Waals surface area contributed by atoms with Crippen LogP contribution < -0.4 is 10.6 Å². The fourth-order valence-corrected chi connectivity index (χ4v) is 4.53. The number of aliphatic imine (C=N–C) groups is 1. The zero-order chi connectivity index (χ0) is 19.8. The molecule has 7 heteroatoms. The molecule has 1 aromatic carbocycles. The van der Waals surface area contributed by atoms with Crippen molar-refractivity contribution in [2.45, 2.75) is 32.0 Å². The minimum absolute atomic E-state index is 0. The number of guanidine groups is 1. The summed E-state index contributed by atoms with van der Waals surface area (Å²) in [5.41, 5.74) is 2.60. The smallest absolute Gasteiger partial charge is 0.191 e. The van der Waals surface area contributed by atoms with Gasteiger partial charge in [-0.25, -0.2) is 0 Å². The van der Waals surface area contributed by atoms with E-state index in [2.05, 4.69) is 81.3 Å². The second-order valence-corrected chi connectivity index (χ2v) is 8.61. The number of likely N-dealkylation sites (tertiary alicyclic amines) is 1. The standard InChI is InChI=1S/C22H33N5S.HI/c1-23-22(24-15-18-8-10-19(11-9-18)17-26(2)3)25-16-20(21-7-6-14-28-21)27-12-4-5-13-27;/h6-11,14,20H,4-5,12-13,15-17H2,1-3H3,(H2,23,24,25);1H. The molecule has 0 aliphatic carbocycles. The van der Waals surface area contributed by atoms with E-state index in [1.165, 1.54) is 41.9 Å². The number of halogens is 1. The zero-order valence-electron chi connectivity index (χ0n) is 17.7. The van der Waals surface area contributed by atoms with Crippen molar-refractivity contribution < 1.29 is 0 Å². The third-order valence-electron chi connectivity index (χ3n) is 5.12. The second kappa shape index (κ2) is 12.5. The van der Waals surface area contributed by atoms with Gasteiger partial charge in [0.1, 0.15) is 0 Å². The number of benzene rings is 1. The van der Waals surface area contributed by atoms with Gasteiger partial charge in [0.2, 0.25) is 0 Å². The summed E-state index contributed by atoms with van der Waals surface area (Å²) in [7, 11) is 6.03. The van der Waals surface area contributed by atoms with Crippen LogP contribution in [-0.2, 0) is 13.1 Å². The molecule has 1 aliphatic heterocycles. The number of hydrogen-bond acceptors (Lipinski definition) is 4. The number of hydrogen-bond donors (Lipinski definition) is 2. The van der Waals surface area contributed by atoms with E-state index in [1.54, 1.807) is 0 Å². The zero-order valence-corrected chi connectivity index (χ0v) is 20.9. The third kappa shape index (κ3) is 7.55. The van der Waals surface area contributed by atoms with Gasteiger partial charge in [-0.2, -0.15) is 0 Å². The van der Waals surface area contributed by atoms with Crippen molar-refractivity contribution in [3.8, 4) is 0 Å². The van der Waals surface area contributed by atoms with Gasteiger partial charge in [0.05, 0.1) is 6.04 Å². The van der Waals surface area contributed by atoms with Crippen molar-refractivity contribution in [2.24, 2.45) is 4.99 Å². The van der Waals surface area contributed by atoms with E-state index >= 15 is 0 Å². The molecule has 1 atom stereocenters. The highest BCUT2D eigenvalue weighted by molar-refractivity contribution is 14.0. The minimum atomic E-state index is 0. The van der Waals surface area contributed by atoms with Crippen molar-refractivity contribution in [3.63, 3.8) is 0 Å². The van der Waals surface area contributed by atoms with Crippen LogP contribution >= 0.6 is 35.3 Å². The summed E-state index contributed by atoms with van der Waals surface area (Å²) < 4.78 is 0. The van der Waals surface area contributed by atoms with E-state index < -0.39 is 0 Å². The van der Waals surface area contributed by atoms with Crippen molar-refractivity contribution in [3.05, 3.63) is 57.8 Å². The lowest BCUT2D eigenvalue weighted by Gasteiger charge is -2.27. The Kier molecular flexibility index (Phi) is 10.4. The number of nitrogens with one attached hydrogen (secondary N) is 2. The molecule has 1 aliphatic rings. The number of rotatable bonds is 8. The van der Waals surface area contributed by atoms with Crippen LogP contribution in [0.2, 0.25) is 0 Å². The Bertz CT molecular complexity index is 724. The maximum Gasteiger partial charge on any atom is 0.191 e. The van der Waals surface area contributed by atoms with Crippen LogP contribution in [0.25, 0.3) is 0 Å². The predicted molar refractivity (Wildman–Crippen MR) is 135 cm³/mol. The average Bonchev–Trinajstić information content (AvgIpc) is 3.40. The molecule has 29 heavy (non-hydrogen) atoms. The molecule has 5 nitrogen and oxygen atoms in total. The van der Waals surface area contributed by atoms with Crippen molar-refractivity contribution in [2.75, 3.05) is 40.8 Å². The normalized spacial score (nSPS) is 15.9. The van der Waals surface area contributed by atoms with Gasteiger partial charge in [0, 0.05) is 31.6 Å². The first-order valence-corrected chi connectivity index (χ1v) is 11.0. The average molecular weight is 528 g/mol. The summed E-state index contributed by atoms with van der Waals surface area (Å²) in [6, 6.07) is 13.6. The molecule has 0 radical (unpaired) electrons. The molecule has 160 valence electrons. The highest BCUT2D eigenvalue weighted by atomic mass is 127. The Balaban J connectivity index is 0.00000300. The van der Waals surface area contributed by atoms with E-state index in [1.807, 2.05) is 18.4 Å². The van der Waals surface area contributed by atoms with Gasteiger partial charge in [-0.3, -0.25) is 9.89 Å². The van der Waals surface area contributed by atoms with Gasteiger partial charge in [-0.1, -0.05) is 30.3 Å². The van der Waals surface area contributed by atoms with Crippen LogP contribution in [-0.4, -0.2) is 56.5 Å². The number of thiophene rings is 1. The highest BCUT2D eigenvalue weighted by Gasteiger charge is 2.24. The molecule has 1 fully saturated rings. The Morgan fingerprint density at radius 2 is 1.79 bits per heavy atom. The minimum Gasteiger partial charge on any atom is -0.354 e. The summed E-state index contributed by atoms with van der Waals surface area (Å²) in [6.07, 6.45) is 2.61. The quantitative estimate of drug-likeness (QED) is 0.310. The molecule has 0 amide bonds. The summed E-state index contributed by atoms with van der Waals surface area (Å²) in [5.74, 6) is 0.859. The van der Waals surface area contributed by atoms with Gasteiger partial charge >= 0.3 is 0 Å². The van der Waals surface area contributed by atoms with E-state index in [4.69, 9.17) is 0 Å². The molecule has 0 saturated carbocycles. The molecule has 1 saturated heterocycles. The SMILES string of the molecule is CN=C(NCc1ccc(CN(C)C)cc1)NCC(c1cccs1)N1CCCC1.I. The molecule has 0 bridgehead atoms. The molecule has 0 spiro atoms. The summed E-state index contributed by atoms with van der Waals surface area (Å²) >= 11 is 1.85. The first-order valence-electron chi connectivity index (χ1n) is 10.1. The Morgan fingerprint density at radius 1 is 1.10 bits per heavy atom. The van der Waals surface area contributed by atoms with Gasteiger partial charge in [0.15, 0.2) is 5.96 Å². The number of nitrogens with zero attached hydrogens (tertiary/aromatic N) is 3. The lowest BCUT2D eigenvalue weighted by Crippen LogP contribution is -2.42. The summed E-state index contributed by atoms with van der Waals surface area (Å²) in [6.45, 7) is 5.00. The fourth-order valence-electron chi connectivity index (χ4n) is 3.67. The van der Waals surface area contributed by atoms with E-state index in [9.17, 15) is 0 Å². The second-order valence-electron chi connectivity index (χ2n) is 7.64. The maximum absolute atomic E-state index is 4.41. The van der Waals surface area contributed by atoms with Crippen LogP contribution in [0.1, 0.15) is 34.9 Å². The Morgan fingerprint density at radius 3 is 2.38 bits per heavy atom. The monoisotopic (exact) mass is 527 g/mol. The van der Waals surface area contributed by atoms with E-state index in [0.717, 1.165) is 25.6 Å². The van der Waals surface area contributed by atoms with Gasteiger partial charge in [-0.05, 0) is 62.6 Å². The van der Waals surface area contributed by atoms with Crippen molar-refractivity contribution in [1.82, 2.24) is 20.4 Å². The Labute approximate surface area is 196 Å². The third-order valence-corrected chi connectivity index (χ3v) is 6.09. The van der Waals surface area contributed by atoms with Gasteiger partial charge < -0.3 is 15.5 Å². The van der Waals surface area contributed by atoms with Crippen LogP contribution in [0.3, 0.4) is 0 Å². The van der Waals surface area contributed by atoms with Crippen LogP contribution in [0.5, 0.6) is 0 Å². The lowest BCUT2D eigenvalue weighted by molar-refractivity contribution is 0.249. The Hall–Kier alpha value is -1.16. The topological polar surface area (TPSA) is 42.9 Å². The molecule has 2 aromatic rings. The van der Waals surface area contributed by atoms with Crippen LogP contribution in [0.15, 0.2) is 46.8 Å². The van der Waals surface area contributed by atoms with E-state index in [-0.39, 0.29) is 24.0 Å². The maximum atomic E-state index is 4.41. The van der Waals surface area contributed by atoms with Crippen molar-refractivity contribution >= 4 is 41.3 Å². The lowest BCUT2D eigenvalue weighted by atomic mass is 10.1. The first kappa shape index (κ1) is 24.1. The summed E-state index contributed by atoms with van der Waals surface area (Å²) in [4.78, 5) is 10.6.